The molecule has 9 aromatic rings. The fourth-order valence-electron chi connectivity index (χ4n) is 8.56. The predicted octanol–water partition coefficient (Wildman–Crippen LogP) is 12.6. The SMILES string of the molecule is c1ccc(-c2ccc(N(c3cccc(-c4ccccc4)c3)c3cc4c5c(c3)Oc3cc(-c6ccccc6)ccc3B5c3ccc(-c5ccccc5)cc3O4)cc2)cc1. The Morgan fingerprint density at radius 2 is 0.672 bits per heavy atom. The van der Waals surface area contributed by atoms with E-state index in [1.165, 1.54) is 5.56 Å². The lowest BCUT2D eigenvalue weighted by molar-refractivity contribution is 0.465. The van der Waals surface area contributed by atoms with Crippen molar-refractivity contribution in [2.24, 2.45) is 0 Å². The maximum atomic E-state index is 7.02. The molecule has 0 unspecified atom stereocenters. The summed E-state index contributed by atoms with van der Waals surface area (Å²) in [5, 5.41) is 0. The van der Waals surface area contributed by atoms with Crippen molar-refractivity contribution >= 4 is 40.2 Å². The van der Waals surface area contributed by atoms with Gasteiger partial charge in [-0.1, -0.05) is 170 Å². The van der Waals surface area contributed by atoms with E-state index in [-0.39, 0.29) is 6.71 Å². The largest absolute Gasteiger partial charge is 0.458 e. The Morgan fingerprint density at radius 1 is 0.276 bits per heavy atom. The van der Waals surface area contributed by atoms with Crippen LogP contribution in [0.3, 0.4) is 0 Å². The summed E-state index contributed by atoms with van der Waals surface area (Å²) in [7, 11) is 0. The van der Waals surface area contributed by atoms with E-state index >= 15 is 0 Å². The molecule has 0 amide bonds. The van der Waals surface area contributed by atoms with E-state index in [2.05, 4.69) is 223 Å². The van der Waals surface area contributed by atoms with E-state index < -0.39 is 0 Å². The van der Waals surface area contributed by atoms with Gasteiger partial charge in [0.2, 0.25) is 0 Å². The molecule has 0 bridgehead atoms. The second-order valence-electron chi connectivity index (χ2n) is 14.9. The van der Waals surface area contributed by atoms with E-state index in [1.54, 1.807) is 0 Å². The van der Waals surface area contributed by atoms with Gasteiger partial charge in [-0.15, -0.1) is 0 Å². The minimum absolute atomic E-state index is 0.0683. The first-order valence-corrected chi connectivity index (χ1v) is 19.8. The summed E-state index contributed by atoms with van der Waals surface area (Å²) in [6.07, 6.45) is 0. The molecule has 0 spiro atoms. The first kappa shape index (κ1) is 33.8. The molecule has 272 valence electrons. The van der Waals surface area contributed by atoms with Gasteiger partial charge in [-0.3, -0.25) is 0 Å². The third-order valence-corrected chi connectivity index (χ3v) is 11.4. The summed E-state index contributed by atoms with van der Waals surface area (Å²) >= 11 is 0. The standard InChI is InChI=1S/C54H36BNO2/c1-5-14-37(15-6-1)41-24-28-45(29-25-41)56(46-23-13-22-42(32-46)38-16-7-2-8-17-38)47-35-52-54-53(36-47)58-51-34-44(40-20-11-4-12-21-40)27-31-49(51)55(54)48-30-26-43(33-50(48)57-52)39-18-9-3-10-19-39/h1-36H. The van der Waals surface area contributed by atoms with Crippen LogP contribution in [0.5, 0.6) is 23.0 Å². The molecule has 0 saturated carbocycles. The van der Waals surface area contributed by atoms with Crippen molar-refractivity contribution in [3.8, 4) is 67.5 Å². The average Bonchev–Trinajstić information content (AvgIpc) is 3.30. The van der Waals surface area contributed by atoms with E-state index in [1.807, 2.05) is 0 Å². The Balaban J connectivity index is 1.10. The topological polar surface area (TPSA) is 21.7 Å². The molecule has 0 aromatic heterocycles. The molecule has 0 saturated heterocycles. The number of ether oxygens (including phenoxy) is 2. The van der Waals surface area contributed by atoms with Crippen LogP contribution in [-0.2, 0) is 0 Å². The van der Waals surface area contributed by atoms with Crippen molar-refractivity contribution in [3.05, 3.63) is 218 Å². The van der Waals surface area contributed by atoms with Crippen LogP contribution in [0.2, 0.25) is 0 Å². The number of hydrogen-bond acceptors (Lipinski definition) is 3. The molecule has 0 aliphatic carbocycles. The molecule has 0 N–H and O–H groups in total. The van der Waals surface area contributed by atoms with Gasteiger partial charge >= 0.3 is 0 Å². The third-order valence-electron chi connectivity index (χ3n) is 11.4. The number of fused-ring (bicyclic) bond motifs is 4. The van der Waals surface area contributed by atoms with Gasteiger partial charge in [0, 0.05) is 29.0 Å². The Kier molecular flexibility index (Phi) is 8.26. The molecule has 11 rings (SSSR count). The van der Waals surface area contributed by atoms with Crippen molar-refractivity contribution in [1.82, 2.24) is 0 Å². The summed E-state index contributed by atoms with van der Waals surface area (Å²) in [4.78, 5) is 2.31. The number of benzene rings is 9. The molecular formula is C54H36BNO2. The van der Waals surface area contributed by atoms with Gasteiger partial charge in [0.05, 0.1) is 5.69 Å². The van der Waals surface area contributed by atoms with Crippen molar-refractivity contribution < 1.29 is 9.47 Å². The Bertz CT molecular complexity index is 2820. The quantitative estimate of drug-likeness (QED) is 0.152. The highest BCUT2D eigenvalue weighted by Gasteiger charge is 2.41. The summed E-state index contributed by atoms with van der Waals surface area (Å²) in [5.74, 6) is 3.29. The summed E-state index contributed by atoms with van der Waals surface area (Å²) in [6.45, 7) is -0.0683. The molecule has 3 nitrogen and oxygen atoms in total. The van der Waals surface area contributed by atoms with Gasteiger partial charge in [0.25, 0.3) is 6.71 Å². The summed E-state index contributed by atoms with van der Waals surface area (Å²) < 4.78 is 14.0. The monoisotopic (exact) mass is 741 g/mol. The van der Waals surface area contributed by atoms with Crippen molar-refractivity contribution in [1.29, 1.82) is 0 Å². The minimum atomic E-state index is -0.0683. The zero-order chi connectivity index (χ0) is 38.4. The molecule has 2 aliphatic rings. The van der Waals surface area contributed by atoms with Crippen LogP contribution < -0.4 is 30.8 Å². The summed E-state index contributed by atoms with van der Waals surface area (Å²) in [6, 6.07) is 77.3. The van der Waals surface area contributed by atoms with Crippen LogP contribution in [0, 0.1) is 0 Å². The first-order chi connectivity index (χ1) is 28.7. The number of anilines is 3. The highest BCUT2D eigenvalue weighted by Crippen LogP contribution is 2.44. The number of rotatable bonds is 7. The molecular weight excluding hydrogens is 705 g/mol. The molecule has 0 radical (unpaired) electrons. The Morgan fingerprint density at radius 3 is 1.16 bits per heavy atom. The van der Waals surface area contributed by atoms with E-state index in [9.17, 15) is 0 Å². The highest BCUT2D eigenvalue weighted by atomic mass is 16.5. The molecule has 4 heteroatoms. The van der Waals surface area contributed by atoms with Crippen LogP contribution in [-0.4, -0.2) is 6.71 Å². The van der Waals surface area contributed by atoms with Crippen LogP contribution in [0.1, 0.15) is 0 Å². The van der Waals surface area contributed by atoms with E-state index in [4.69, 9.17) is 9.47 Å². The highest BCUT2D eigenvalue weighted by molar-refractivity contribution is 6.98. The Hall–Kier alpha value is -7.56. The van der Waals surface area contributed by atoms with Gasteiger partial charge in [0.15, 0.2) is 0 Å². The van der Waals surface area contributed by atoms with E-state index in [0.717, 1.165) is 95.4 Å². The lowest BCUT2D eigenvalue weighted by Gasteiger charge is -2.35. The normalized spacial score (nSPS) is 12.0. The van der Waals surface area contributed by atoms with Crippen LogP contribution in [0.15, 0.2) is 218 Å². The number of hydrogen-bond donors (Lipinski definition) is 0. The summed E-state index contributed by atoms with van der Waals surface area (Å²) in [5.41, 5.74) is 15.5. The average molecular weight is 742 g/mol. The second kappa shape index (κ2) is 14.2. The van der Waals surface area contributed by atoms with E-state index in [0.29, 0.717) is 0 Å². The lowest BCUT2D eigenvalue weighted by atomic mass is 9.34. The van der Waals surface area contributed by atoms with Crippen molar-refractivity contribution in [3.63, 3.8) is 0 Å². The maximum Gasteiger partial charge on any atom is 0.260 e. The molecule has 0 fully saturated rings. The smallest absolute Gasteiger partial charge is 0.260 e. The van der Waals surface area contributed by atoms with Crippen LogP contribution in [0.25, 0.3) is 44.5 Å². The first-order valence-electron chi connectivity index (χ1n) is 19.8. The van der Waals surface area contributed by atoms with Crippen LogP contribution >= 0.6 is 0 Å². The van der Waals surface area contributed by atoms with Crippen molar-refractivity contribution in [2.75, 3.05) is 4.90 Å². The van der Waals surface area contributed by atoms with Crippen molar-refractivity contribution in [2.45, 2.75) is 0 Å². The van der Waals surface area contributed by atoms with Gasteiger partial charge in [-0.25, -0.2) is 0 Å². The van der Waals surface area contributed by atoms with Gasteiger partial charge in [-0.05, 0) is 91.8 Å². The lowest BCUT2D eigenvalue weighted by Crippen LogP contribution is -2.57. The zero-order valence-electron chi connectivity index (χ0n) is 31.6. The third kappa shape index (κ3) is 6.03. The second-order valence-corrected chi connectivity index (χ2v) is 14.9. The predicted molar refractivity (Wildman–Crippen MR) is 241 cm³/mol. The van der Waals surface area contributed by atoms with Gasteiger partial charge in [-0.2, -0.15) is 0 Å². The minimum Gasteiger partial charge on any atom is -0.458 e. The van der Waals surface area contributed by atoms with Gasteiger partial charge < -0.3 is 14.4 Å². The Labute approximate surface area is 339 Å². The number of nitrogens with zero attached hydrogens (tertiary/aromatic N) is 1. The van der Waals surface area contributed by atoms with Crippen LogP contribution in [0.4, 0.5) is 17.1 Å². The maximum absolute atomic E-state index is 7.02. The molecule has 0 atom stereocenters. The molecule has 9 aromatic carbocycles. The molecule has 58 heavy (non-hydrogen) atoms. The molecule has 2 aliphatic heterocycles. The zero-order valence-corrected chi connectivity index (χ0v) is 31.6. The van der Waals surface area contributed by atoms with Gasteiger partial charge in [0.1, 0.15) is 23.0 Å². The molecule has 2 heterocycles. The fraction of sp³-hybridized carbons (Fsp3) is 0. The fourth-order valence-corrected chi connectivity index (χ4v) is 8.56.